The molecule has 0 fully saturated rings. The number of rotatable bonds is 6. The molecule has 0 saturated heterocycles. The fourth-order valence-corrected chi connectivity index (χ4v) is 1.53. The molecule has 6 heteroatoms. The Hall–Kier alpha value is -2.39. The number of nitrogens with one attached hydrogen (secondary N) is 2. The number of hydrogen-bond acceptors (Lipinski definition) is 4. The van der Waals surface area contributed by atoms with Gasteiger partial charge in [0.1, 0.15) is 0 Å². The number of amides is 2. The molecule has 0 heterocycles. The van der Waals surface area contributed by atoms with Crippen LogP contribution < -0.4 is 16.4 Å². The first kappa shape index (κ1) is 15.7. The molecule has 2 amide bonds. The van der Waals surface area contributed by atoms with Crippen LogP contribution >= 0.6 is 0 Å². The molecule has 0 radical (unpaired) electrons. The number of benzene rings is 1. The highest BCUT2D eigenvalue weighted by molar-refractivity contribution is 5.93. The zero-order valence-electron chi connectivity index (χ0n) is 11.6. The average molecular weight is 274 g/mol. The van der Waals surface area contributed by atoms with Crippen LogP contribution in [0.5, 0.6) is 0 Å². The van der Waals surface area contributed by atoms with Crippen LogP contribution in [0.25, 0.3) is 0 Å². The number of nitrogens with two attached hydrogens (primary N) is 1. The van der Waals surface area contributed by atoms with Crippen LogP contribution in [-0.4, -0.2) is 23.9 Å². The summed E-state index contributed by atoms with van der Waals surface area (Å²) in [6, 6.07) is 8.58. The van der Waals surface area contributed by atoms with Gasteiger partial charge in [-0.1, -0.05) is 13.0 Å². The van der Waals surface area contributed by atoms with E-state index in [0.717, 1.165) is 0 Å². The smallest absolute Gasteiger partial charge is 0.238 e. The maximum atomic E-state index is 11.8. The number of carbonyl (C=O) groups is 2. The Bertz CT molecular complexity index is 550. The SMILES string of the molecule is CCC(C)(NCC(=O)Nc1cccc(C#N)c1)C(N)=O. The maximum Gasteiger partial charge on any atom is 0.238 e. The van der Waals surface area contributed by atoms with Crippen LogP contribution in [0.1, 0.15) is 25.8 Å². The molecule has 4 N–H and O–H groups in total. The predicted octanol–water partition coefficient (Wildman–Crippen LogP) is 0.740. The Morgan fingerprint density at radius 1 is 1.45 bits per heavy atom. The van der Waals surface area contributed by atoms with Crippen molar-refractivity contribution in [2.75, 3.05) is 11.9 Å². The summed E-state index contributed by atoms with van der Waals surface area (Å²) < 4.78 is 0. The molecule has 1 aromatic carbocycles. The monoisotopic (exact) mass is 274 g/mol. The highest BCUT2D eigenvalue weighted by Crippen LogP contribution is 2.10. The predicted molar refractivity (Wildman–Crippen MR) is 75.7 cm³/mol. The number of carbonyl (C=O) groups excluding carboxylic acids is 2. The van der Waals surface area contributed by atoms with Crippen molar-refractivity contribution in [2.24, 2.45) is 5.73 Å². The fourth-order valence-electron chi connectivity index (χ4n) is 1.53. The van der Waals surface area contributed by atoms with Crippen molar-refractivity contribution in [1.82, 2.24) is 5.32 Å². The molecular weight excluding hydrogens is 256 g/mol. The molecule has 0 aliphatic carbocycles. The maximum absolute atomic E-state index is 11.8. The van der Waals surface area contributed by atoms with Gasteiger partial charge in [-0.05, 0) is 31.5 Å². The van der Waals surface area contributed by atoms with Gasteiger partial charge in [0.05, 0.1) is 23.7 Å². The molecule has 20 heavy (non-hydrogen) atoms. The number of nitriles is 1. The first-order chi connectivity index (χ1) is 9.41. The van der Waals surface area contributed by atoms with E-state index in [0.29, 0.717) is 17.7 Å². The summed E-state index contributed by atoms with van der Waals surface area (Å²) in [4.78, 5) is 23.1. The lowest BCUT2D eigenvalue weighted by Crippen LogP contribution is -2.54. The van der Waals surface area contributed by atoms with Crippen molar-refractivity contribution >= 4 is 17.5 Å². The van der Waals surface area contributed by atoms with Crippen molar-refractivity contribution < 1.29 is 9.59 Å². The summed E-state index contributed by atoms with van der Waals surface area (Å²) in [6.45, 7) is 3.43. The Labute approximate surface area is 118 Å². The molecule has 0 aliphatic heterocycles. The standard InChI is InChI=1S/C14H18N4O2/c1-3-14(2,13(16)20)17-9-12(19)18-11-6-4-5-10(7-11)8-15/h4-7,17H,3,9H2,1-2H3,(H2,16,20)(H,18,19). The highest BCUT2D eigenvalue weighted by atomic mass is 16.2. The van der Waals surface area contributed by atoms with E-state index < -0.39 is 11.4 Å². The van der Waals surface area contributed by atoms with Crippen LogP contribution in [0.4, 0.5) is 5.69 Å². The van der Waals surface area contributed by atoms with E-state index in [-0.39, 0.29) is 12.5 Å². The molecule has 0 aliphatic rings. The van der Waals surface area contributed by atoms with Crippen molar-refractivity contribution in [1.29, 1.82) is 5.26 Å². The summed E-state index contributed by atoms with van der Waals surface area (Å²) >= 11 is 0. The van der Waals surface area contributed by atoms with Crippen molar-refractivity contribution in [2.45, 2.75) is 25.8 Å². The van der Waals surface area contributed by atoms with E-state index in [9.17, 15) is 9.59 Å². The van der Waals surface area contributed by atoms with Gasteiger partial charge in [0.15, 0.2) is 0 Å². The van der Waals surface area contributed by atoms with E-state index in [2.05, 4.69) is 10.6 Å². The van der Waals surface area contributed by atoms with E-state index in [1.165, 1.54) is 0 Å². The molecule has 1 rings (SSSR count). The number of hydrogen-bond donors (Lipinski definition) is 3. The lowest BCUT2D eigenvalue weighted by molar-refractivity contribution is -0.124. The van der Waals surface area contributed by atoms with Gasteiger partial charge in [-0.2, -0.15) is 5.26 Å². The van der Waals surface area contributed by atoms with E-state index in [1.807, 2.05) is 13.0 Å². The zero-order chi connectivity index (χ0) is 15.2. The first-order valence-electron chi connectivity index (χ1n) is 6.26. The third-order valence-corrected chi connectivity index (χ3v) is 3.17. The summed E-state index contributed by atoms with van der Waals surface area (Å²) in [7, 11) is 0. The quantitative estimate of drug-likeness (QED) is 0.711. The minimum atomic E-state index is -0.911. The molecule has 106 valence electrons. The first-order valence-corrected chi connectivity index (χ1v) is 6.26. The Morgan fingerprint density at radius 3 is 2.70 bits per heavy atom. The third-order valence-electron chi connectivity index (χ3n) is 3.17. The van der Waals surface area contributed by atoms with Crippen LogP contribution in [0.3, 0.4) is 0 Å². The van der Waals surface area contributed by atoms with E-state index in [1.54, 1.807) is 31.2 Å². The molecule has 0 bridgehead atoms. The molecular formula is C14H18N4O2. The Kier molecular flexibility index (Phi) is 5.23. The lowest BCUT2D eigenvalue weighted by atomic mass is 9.98. The van der Waals surface area contributed by atoms with E-state index >= 15 is 0 Å². The number of anilines is 1. The molecule has 6 nitrogen and oxygen atoms in total. The summed E-state index contributed by atoms with van der Waals surface area (Å²) in [5.74, 6) is -0.805. The summed E-state index contributed by atoms with van der Waals surface area (Å²) in [5.41, 5.74) is 5.38. The topological polar surface area (TPSA) is 108 Å². The summed E-state index contributed by atoms with van der Waals surface area (Å²) in [6.07, 6.45) is 0.486. The molecule has 1 aromatic rings. The molecule has 0 aromatic heterocycles. The van der Waals surface area contributed by atoms with Gasteiger partial charge in [0.2, 0.25) is 11.8 Å². The minimum absolute atomic E-state index is 0.0376. The van der Waals surface area contributed by atoms with Crippen LogP contribution in [0.15, 0.2) is 24.3 Å². The fraction of sp³-hybridized carbons (Fsp3) is 0.357. The van der Waals surface area contributed by atoms with Crippen LogP contribution in [0, 0.1) is 11.3 Å². The van der Waals surface area contributed by atoms with Gasteiger partial charge in [-0.25, -0.2) is 0 Å². The normalized spacial score (nSPS) is 13.1. The van der Waals surface area contributed by atoms with Crippen LogP contribution in [-0.2, 0) is 9.59 Å². The lowest BCUT2D eigenvalue weighted by Gasteiger charge is -2.25. The second kappa shape index (κ2) is 6.68. The second-order valence-electron chi connectivity index (χ2n) is 4.64. The molecule has 1 atom stereocenters. The average Bonchev–Trinajstić information content (AvgIpc) is 2.44. The highest BCUT2D eigenvalue weighted by Gasteiger charge is 2.28. The summed E-state index contributed by atoms with van der Waals surface area (Å²) in [5, 5.41) is 14.3. The number of nitrogens with zero attached hydrogens (tertiary/aromatic N) is 1. The van der Waals surface area contributed by atoms with Gasteiger partial charge in [0.25, 0.3) is 0 Å². The van der Waals surface area contributed by atoms with Gasteiger partial charge >= 0.3 is 0 Å². The van der Waals surface area contributed by atoms with Gasteiger partial charge < -0.3 is 11.1 Å². The van der Waals surface area contributed by atoms with Crippen molar-refractivity contribution in [3.63, 3.8) is 0 Å². The second-order valence-corrected chi connectivity index (χ2v) is 4.64. The van der Waals surface area contributed by atoms with Gasteiger partial charge in [-0.15, -0.1) is 0 Å². The van der Waals surface area contributed by atoms with Crippen molar-refractivity contribution in [3.8, 4) is 6.07 Å². The largest absolute Gasteiger partial charge is 0.368 e. The Balaban J connectivity index is 2.60. The third kappa shape index (κ3) is 4.07. The molecule has 0 spiro atoms. The van der Waals surface area contributed by atoms with Crippen molar-refractivity contribution in [3.05, 3.63) is 29.8 Å². The van der Waals surface area contributed by atoms with Gasteiger partial charge in [-0.3, -0.25) is 14.9 Å². The Morgan fingerprint density at radius 2 is 2.15 bits per heavy atom. The molecule has 1 unspecified atom stereocenters. The van der Waals surface area contributed by atoms with E-state index in [4.69, 9.17) is 11.0 Å². The van der Waals surface area contributed by atoms with Gasteiger partial charge in [0, 0.05) is 5.69 Å². The number of primary amides is 1. The minimum Gasteiger partial charge on any atom is -0.368 e. The van der Waals surface area contributed by atoms with Crippen LogP contribution in [0.2, 0.25) is 0 Å². The zero-order valence-corrected chi connectivity index (χ0v) is 11.6. The molecule has 0 saturated carbocycles.